The summed E-state index contributed by atoms with van der Waals surface area (Å²) in [6.07, 6.45) is 4.64. The zero-order valence-electron chi connectivity index (χ0n) is 10.7. The molecule has 0 spiro atoms. The summed E-state index contributed by atoms with van der Waals surface area (Å²) in [6.45, 7) is 0.426. The molecule has 0 N–H and O–H groups in total. The van der Waals surface area contributed by atoms with Gasteiger partial charge in [-0.1, -0.05) is 0 Å². The van der Waals surface area contributed by atoms with Gasteiger partial charge >= 0.3 is 0 Å². The first-order chi connectivity index (χ1) is 8.87. The third-order valence-corrected chi connectivity index (χ3v) is 4.09. The van der Waals surface area contributed by atoms with Gasteiger partial charge in [0.1, 0.15) is 15.4 Å². The van der Waals surface area contributed by atoms with Crippen molar-refractivity contribution in [2.75, 3.05) is 30.5 Å². The fourth-order valence-electron chi connectivity index (χ4n) is 1.72. The third kappa shape index (κ3) is 3.63. The van der Waals surface area contributed by atoms with Gasteiger partial charge in [0.05, 0.1) is 17.0 Å². The van der Waals surface area contributed by atoms with Crippen LogP contribution in [0.15, 0.2) is 29.0 Å². The summed E-state index contributed by atoms with van der Waals surface area (Å²) >= 11 is 3.36. The summed E-state index contributed by atoms with van der Waals surface area (Å²) in [5.74, 6) is 0.115. The summed E-state index contributed by atoms with van der Waals surface area (Å²) in [4.78, 5) is 10.5. The van der Waals surface area contributed by atoms with Gasteiger partial charge in [-0.2, -0.15) is 0 Å². The minimum Gasteiger partial charge on any atom is -0.372 e. The number of nitrogens with zero attached hydrogens (tertiary/aromatic N) is 3. The number of anilines is 1. The number of sulfone groups is 1. The van der Waals surface area contributed by atoms with Crippen molar-refractivity contribution in [1.82, 2.24) is 9.97 Å². The van der Waals surface area contributed by atoms with E-state index in [1.54, 1.807) is 12.4 Å². The van der Waals surface area contributed by atoms with Gasteiger partial charge in [-0.15, -0.1) is 0 Å². The third-order valence-electron chi connectivity index (χ3n) is 2.73. The van der Waals surface area contributed by atoms with Gasteiger partial charge in [0.15, 0.2) is 0 Å². The van der Waals surface area contributed by atoms with Crippen molar-refractivity contribution < 1.29 is 8.42 Å². The number of fused-ring (bicyclic) bond motifs is 1. The maximum Gasteiger partial charge on any atom is 0.149 e. The van der Waals surface area contributed by atoms with Crippen molar-refractivity contribution in [2.24, 2.45) is 0 Å². The summed E-state index contributed by atoms with van der Waals surface area (Å²) in [6, 6.07) is 3.72. The van der Waals surface area contributed by atoms with Gasteiger partial charge in [0.2, 0.25) is 0 Å². The lowest BCUT2D eigenvalue weighted by Gasteiger charge is -2.19. The second-order valence-electron chi connectivity index (χ2n) is 4.40. The Hall–Kier alpha value is -1.21. The van der Waals surface area contributed by atoms with Gasteiger partial charge in [-0.25, -0.2) is 8.42 Å². The Balaban J connectivity index is 2.34. The molecular weight excluding hydrogens is 330 g/mol. The minimum absolute atomic E-state index is 0.115. The SMILES string of the molecule is CN(CCS(C)(=O)=O)c1ccnc2cc(Br)cnc12. The normalized spacial score (nSPS) is 11.7. The van der Waals surface area contributed by atoms with Crippen LogP contribution in [0.3, 0.4) is 0 Å². The highest BCUT2D eigenvalue weighted by molar-refractivity contribution is 9.10. The molecule has 19 heavy (non-hydrogen) atoms. The van der Waals surface area contributed by atoms with E-state index < -0.39 is 9.84 Å². The molecule has 0 saturated carbocycles. The molecule has 2 aromatic rings. The first-order valence-electron chi connectivity index (χ1n) is 5.66. The first kappa shape index (κ1) is 14.2. The van der Waals surface area contributed by atoms with Gasteiger partial charge in [0.25, 0.3) is 0 Å². The molecule has 0 unspecified atom stereocenters. The van der Waals surface area contributed by atoms with Crippen molar-refractivity contribution in [2.45, 2.75) is 0 Å². The first-order valence-corrected chi connectivity index (χ1v) is 8.51. The van der Waals surface area contributed by atoms with E-state index in [4.69, 9.17) is 0 Å². The predicted octanol–water partition coefficient (Wildman–Crippen LogP) is 1.87. The molecule has 2 rings (SSSR count). The molecule has 0 aromatic carbocycles. The van der Waals surface area contributed by atoms with Crippen LogP contribution >= 0.6 is 15.9 Å². The fourth-order valence-corrected chi connectivity index (χ4v) is 2.65. The lowest BCUT2D eigenvalue weighted by molar-refractivity contribution is 0.601. The molecule has 0 aliphatic heterocycles. The van der Waals surface area contributed by atoms with Crippen LogP contribution in [0.5, 0.6) is 0 Å². The summed E-state index contributed by atoms with van der Waals surface area (Å²) < 4.78 is 23.3. The number of aromatic nitrogens is 2. The second-order valence-corrected chi connectivity index (χ2v) is 7.58. The standard InChI is InChI=1S/C12H14BrN3O2S/c1-16(5-6-19(2,17)18)11-3-4-14-10-7-9(13)8-15-12(10)11/h3-4,7-8H,5-6H2,1-2H3. The van der Waals surface area contributed by atoms with Crippen LogP contribution in [0.4, 0.5) is 5.69 Å². The maximum atomic E-state index is 11.2. The van der Waals surface area contributed by atoms with Crippen molar-refractivity contribution in [1.29, 1.82) is 0 Å². The molecule has 102 valence electrons. The van der Waals surface area contributed by atoms with Crippen LogP contribution < -0.4 is 4.90 Å². The van der Waals surface area contributed by atoms with Crippen molar-refractivity contribution in [3.05, 3.63) is 29.0 Å². The topological polar surface area (TPSA) is 63.2 Å². The molecule has 5 nitrogen and oxygen atoms in total. The number of hydrogen-bond acceptors (Lipinski definition) is 5. The lowest BCUT2D eigenvalue weighted by atomic mass is 10.2. The number of pyridine rings is 2. The summed E-state index contributed by atoms with van der Waals surface area (Å²) in [5, 5.41) is 0. The monoisotopic (exact) mass is 343 g/mol. The van der Waals surface area contributed by atoms with E-state index >= 15 is 0 Å². The lowest BCUT2D eigenvalue weighted by Crippen LogP contribution is -2.25. The van der Waals surface area contributed by atoms with Gasteiger partial charge in [0, 0.05) is 36.7 Å². The molecule has 0 atom stereocenters. The molecule has 0 fully saturated rings. The molecule has 0 radical (unpaired) electrons. The Kier molecular flexibility index (Phi) is 4.05. The number of hydrogen-bond donors (Lipinski definition) is 0. The highest BCUT2D eigenvalue weighted by Crippen LogP contribution is 2.24. The van der Waals surface area contributed by atoms with Gasteiger partial charge in [-0.05, 0) is 28.1 Å². The van der Waals surface area contributed by atoms with Crippen molar-refractivity contribution in [3.63, 3.8) is 0 Å². The van der Waals surface area contributed by atoms with Crippen LogP contribution in [0.25, 0.3) is 11.0 Å². The van der Waals surface area contributed by atoms with Crippen LogP contribution in [0.2, 0.25) is 0 Å². The highest BCUT2D eigenvalue weighted by atomic mass is 79.9. The molecular formula is C12H14BrN3O2S. The van der Waals surface area contributed by atoms with Crippen molar-refractivity contribution in [3.8, 4) is 0 Å². The van der Waals surface area contributed by atoms with E-state index in [-0.39, 0.29) is 5.75 Å². The fraction of sp³-hybridized carbons (Fsp3) is 0.333. The molecule has 0 aliphatic rings. The van der Waals surface area contributed by atoms with E-state index in [0.717, 1.165) is 21.2 Å². The summed E-state index contributed by atoms with van der Waals surface area (Å²) in [7, 11) is -1.12. The Morgan fingerprint density at radius 1 is 1.37 bits per heavy atom. The van der Waals surface area contributed by atoms with E-state index in [2.05, 4.69) is 25.9 Å². The smallest absolute Gasteiger partial charge is 0.149 e. The van der Waals surface area contributed by atoms with Gasteiger partial charge < -0.3 is 4.90 Å². The molecule has 2 aromatic heterocycles. The van der Waals surface area contributed by atoms with Gasteiger partial charge in [-0.3, -0.25) is 9.97 Å². The van der Waals surface area contributed by atoms with E-state index in [1.165, 1.54) is 6.26 Å². The van der Waals surface area contributed by atoms with E-state index in [9.17, 15) is 8.42 Å². The zero-order valence-corrected chi connectivity index (χ0v) is 13.1. The zero-order chi connectivity index (χ0) is 14.0. The van der Waals surface area contributed by atoms with E-state index in [0.29, 0.717) is 6.54 Å². The molecule has 0 saturated heterocycles. The predicted molar refractivity (Wildman–Crippen MR) is 80.2 cm³/mol. The average molecular weight is 344 g/mol. The quantitative estimate of drug-likeness (QED) is 0.847. The Bertz CT molecular complexity index is 703. The minimum atomic E-state index is -2.97. The molecule has 2 heterocycles. The number of rotatable bonds is 4. The second kappa shape index (κ2) is 5.42. The molecule has 0 bridgehead atoms. The molecule has 7 heteroatoms. The molecule has 0 amide bonds. The Labute approximate surface area is 120 Å². The maximum absolute atomic E-state index is 11.2. The Morgan fingerprint density at radius 3 is 2.79 bits per heavy atom. The van der Waals surface area contributed by atoms with Crippen LogP contribution in [-0.2, 0) is 9.84 Å². The largest absolute Gasteiger partial charge is 0.372 e. The van der Waals surface area contributed by atoms with Crippen LogP contribution in [0, 0.1) is 0 Å². The van der Waals surface area contributed by atoms with Crippen LogP contribution in [0.1, 0.15) is 0 Å². The Morgan fingerprint density at radius 2 is 2.11 bits per heavy atom. The highest BCUT2D eigenvalue weighted by Gasteiger charge is 2.10. The molecule has 0 aliphatic carbocycles. The summed E-state index contributed by atoms with van der Waals surface area (Å²) in [5.41, 5.74) is 2.42. The average Bonchev–Trinajstić information content (AvgIpc) is 2.34. The van der Waals surface area contributed by atoms with Crippen LogP contribution in [-0.4, -0.2) is 44.0 Å². The number of halogens is 1. The van der Waals surface area contributed by atoms with E-state index in [1.807, 2.05) is 24.1 Å². The van der Waals surface area contributed by atoms with Crippen molar-refractivity contribution >= 4 is 42.5 Å².